The Labute approximate surface area is 138 Å². The van der Waals surface area contributed by atoms with Gasteiger partial charge < -0.3 is 4.74 Å². The van der Waals surface area contributed by atoms with Crippen LogP contribution in [0.15, 0.2) is 52.5 Å². The van der Waals surface area contributed by atoms with E-state index in [0.717, 1.165) is 43.1 Å². The van der Waals surface area contributed by atoms with Crippen LogP contribution in [0.4, 0.5) is 0 Å². The minimum atomic E-state index is 0.818. The molecule has 0 saturated carbocycles. The number of ether oxygens (including phenoxy) is 1. The summed E-state index contributed by atoms with van der Waals surface area (Å²) >= 11 is 1.78. The third-order valence-corrected chi connectivity index (χ3v) is 4.31. The highest BCUT2D eigenvalue weighted by Gasteiger charge is 2.11. The third kappa shape index (κ3) is 5.44. The van der Waals surface area contributed by atoms with Crippen molar-refractivity contribution in [3.63, 3.8) is 0 Å². The van der Waals surface area contributed by atoms with Gasteiger partial charge in [-0.15, -0.1) is 0 Å². The number of rotatable bonds is 5. The molecule has 0 spiro atoms. The molecule has 4 heteroatoms. The predicted octanol–water partition coefficient (Wildman–Crippen LogP) is 4.67. The summed E-state index contributed by atoms with van der Waals surface area (Å²) in [6.07, 6.45) is 1.83. The molecule has 3 nitrogen and oxygen atoms in total. The van der Waals surface area contributed by atoms with E-state index in [1.165, 1.54) is 4.90 Å². The number of allylic oxidation sites excluding steroid dienone is 3. The first kappa shape index (κ1) is 18.7. The lowest BCUT2D eigenvalue weighted by Crippen LogP contribution is -2.30. The Kier molecular flexibility index (Phi) is 8.82. The topological polar surface area (TPSA) is 24.8 Å². The van der Waals surface area contributed by atoms with Crippen LogP contribution in [0.1, 0.15) is 26.3 Å². The molecule has 0 aromatic heterocycles. The lowest BCUT2D eigenvalue weighted by molar-refractivity contribution is 0.0773. The fraction of sp³-hybridized carbons (Fsp3) is 0.389. The van der Waals surface area contributed by atoms with Crippen molar-refractivity contribution < 1.29 is 4.74 Å². The maximum absolute atomic E-state index is 5.35. The average Bonchev–Trinajstić information content (AvgIpc) is 2.59. The van der Waals surface area contributed by atoms with Crippen LogP contribution in [0.3, 0.4) is 0 Å². The van der Waals surface area contributed by atoms with Gasteiger partial charge in [0.15, 0.2) is 0 Å². The molecule has 1 aromatic rings. The highest BCUT2D eigenvalue weighted by Crippen LogP contribution is 2.27. The molecule has 1 heterocycles. The second-order valence-electron chi connectivity index (χ2n) is 4.52. The van der Waals surface area contributed by atoms with Crippen molar-refractivity contribution in [2.75, 3.05) is 26.3 Å². The Morgan fingerprint density at radius 1 is 1.23 bits per heavy atom. The zero-order valence-electron chi connectivity index (χ0n) is 13.8. The number of hydrogen-bond donors (Lipinski definition) is 0. The molecule has 0 amide bonds. The molecule has 0 bridgehead atoms. The quantitative estimate of drug-likeness (QED) is 0.448. The molecule has 22 heavy (non-hydrogen) atoms. The summed E-state index contributed by atoms with van der Waals surface area (Å²) < 4.78 is 7.69. The van der Waals surface area contributed by atoms with Crippen molar-refractivity contribution in [3.05, 3.63) is 48.2 Å². The summed E-state index contributed by atoms with van der Waals surface area (Å²) in [5, 5.41) is 0. The van der Waals surface area contributed by atoms with Crippen molar-refractivity contribution in [3.8, 4) is 0 Å². The van der Waals surface area contributed by atoms with Gasteiger partial charge in [0.1, 0.15) is 0 Å². The standard InChI is InChI=1S/C16H20N2OS.C2H6/c1-4-16(13(2)17-3)14-5-7-15(8-6-14)20-18-9-11-19-12-10-18;1-2/h4-8H,1,3,9-12H2,2H3;1-2H3/b16-13+;. The monoisotopic (exact) mass is 318 g/mol. The van der Waals surface area contributed by atoms with E-state index < -0.39 is 0 Å². The second kappa shape index (κ2) is 10.4. The molecule has 120 valence electrons. The SMILES string of the molecule is C=C/C(=C(/C)N=C)c1ccc(SN2CCOCC2)cc1.CC. The molecule has 1 fully saturated rings. The number of aliphatic imine (C=N–C) groups is 1. The maximum Gasteiger partial charge on any atom is 0.0603 e. The largest absolute Gasteiger partial charge is 0.379 e. The number of nitrogens with zero attached hydrogens (tertiary/aromatic N) is 2. The zero-order chi connectivity index (χ0) is 16.4. The van der Waals surface area contributed by atoms with Gasteiger partial charge in [0.2, 0.25) is 0 Å². The van der Waals surface area contributed by atoms with E-state index in [1.54, 1.807) is 11.9 Å². The zero-order valence-corrected chi connectivity index (χ0v) is 14.7. The first-order chi connectivity index (χ1) is 10.7. The second-order valence-corrected chi connectivity index (χ2v) is 5.69. The molecule has 0 atom stereocenters. The molecule has 1 saturated heterocycles. The van der Waals surface area contributed by atoms with Crippen LogP contribution in [0.2, 0.25) is 0 Å². The summed E-state index contributed by atoms with van der Waals surface area (Å²) in [6.45, 7) is 17.0. The van der Waals surface area contributed by atoms with Crippen LogP contribution in [-0.4, -0.2) is 37.3 Å². The molecular formula is C18H26N2OS. The first-order valence-corrected chi connectivity index (χ1v) is 8.43. The van der Waals surface area contributed by atoms with Crippen molar-refractivity contribution in [2.45, 2.75) is 25.7 Å². The van der Waals surface area contributed by atoms with E-state index in [1.807, 2.05) is 26.8 Å². The van der Waals surface area contributed by atoms with Gasteiger partial charge in [-0.25, -0.2) is 4.31 Å². The smallest absolute Gasteiger partial charge is 0.0603 e. The van der Waals surface area contributed by atoms with Gasteiger partial charge in [-0.3, -0.25) is 4.99 Å². The van der Waals surface area contributed by atoms with Gasteiger partial charge in [-0.1, -0.05) is 38.6 Å². The van der Waals surface area contributed by atoms with E-state index in [-0.39, 0.29) is 0 Å². The molecule has 1 aromatic carbocycles. The maximum atomic E-state index is 5.35. The van der Waals surface area contributed by atoms with E-state index >= 15 is 0 Å². The molecule has 1 aliphatic heterocycles. The number of morpholine rings is 1. The van der Waals surface area contributed by atoms with Gasteiger partial charge in [0.05, 0.1) is 13.2 Å². The summed E-state index contributed by atoms with van der Waals surface area (Å²) in [7, 11) is 0. The summed E-state index contributed by atoms with van der Waals surface area (Å²) in [5.74, 6) is 0. The van der Waals surface area contributed by atoms with Crippen molar-refractivity contribution in [1.29, 1.82) is 0 Å². The average molecular weight is 318 g/mol. The highest BCUT2D eigenvalue weighted by atomic mass is 32.2. The molecule has 0 aliphatic carbocycles. The minimum Gasteiger partial charge on any atom is -0.379 e. The summed E-state index contributed by atoms with van der Waals surface area (Å²) in [6, 6.07) is 8.48. The van der Waals surface area contributed by atoms with E-state index in [4.69, 9.17) is 4.74 Å². The van der Waals surface area contributed by atoms with Crippen LogP contribution in [-0.2, 0) is 4.74 Å². The third-order valence-electron chi connectivity index (χ3n) is 3.20. The van der Waals surface area contributed by atoms with Gasteiger partial charge in [-0.2, -0.15) is 0 Å². The van der Waals surface area contributed by atoms with E-state index in [9.17, 15) is 0 Å². The Balaban J connectivity index is 0.00000116. The van der Waals surface area contributed by atoms with Crippen LogP contribution in [0.5, 0.6) is 0 Å². The van der Waals surface area contributed by atoms with Crippen LogP contribution >= 0.6 is 11.9 Å². The lowest BCUT2D eigenvalue weighted by Gasteiger charge is -2.25. The van der Waals surface area contributed by atoms with Gasteiger partial charge in [-0.05, 0) is 43.3 Å². The highest BCUT2D eigenvalue weighted by molar-refractivity contribution is 7.97. The molecule has 1 aliphatic rings. The van der Waals surface area contributed by atoms with E-state index in [2.05, 4.69) is 46.9 Å². The first-order valence-electron chi connectivity index (χ1n) is 7.65. The number of hydrogen-bond acceptors (Lipinski definition) is 4. The summed E-state index contributed by atoms with van der Waals surface area (Å²) in [5.41, 5.74) is 3.05. The Morgan fingerprint density at radius 2 is 1.82 bits per heavy atom. The van der Waals surface area contributed by atoms with Gasteiger partial charge >= 0.3 is 0 Å². The Hall–Kier alpha value is -1.36. The van der Waals surface area contributed by atoms with Crippen LogP contribution in [0.25, 0.3) is 5.57 Å². The fourth-order valence-electron chi connectivity index (χ4n) is 2.04. The molecule has 0 N–H and O–H groups in total. The van der Waals surface area contributed by atoms with E-state index in [0.29, 0.717) is 0 Å². The Morgan fingerprint density at radius 3 is 2.32 bits per heavy atom. The molecule has 0 unspecified atom stereocenters. The number of benzene rings is 1. The van der Waals surface area contributed by atoms with Gasteiger partial charge in [0.25, 0.3) is 0 Å². The molecule has 2 rings (SSSR count). The fourth-order valence-corrected chi connectivity index (χ4v) is 2.93. The van der Waals surface area contributed by atoms with Crippen molar-refractivity contribution in [1.82, 2.24) is 4.31 Å². The van der Waals surface area contributed by atoms with Crippen LogP contribution in [0, 0.1) is 0 Å². The predicted molar refractivity (Wildman–Crippen MR) is 98.4 cm³/mol. The van der Waals surface area contributed by atoms with Gasteiger partial charge in [0, 0.05) is 29.3 Å². The lowest BCUT2D eigenvalue weighted by atomic mass is 10.0. The minimum absolute atomic E-state index is 0.818. The van der Waals surface area contributed by atoms with Crippen molar-refractivity contribution >= 4 is 24.2 Å². The Bertz CT molecular complexity index is 502. The molecule has 0 radical (unpaired) electrons. The van der Waals surface area contributed by atoms with Crippen molar-refractivity contribution in [2.24, 2.45) is 4.99 Å². The van der Waals surface area contributed by atoms with Crippen LogP contribution < -0.4 is 0 Å². The summed E-state index contributed by atoms with van der Waals surface area (Å²) in [4.78, 5) is 5.22. The molecular weight excluding hydrogens is 292 g/mol. The normalized spacial score (nSPS) is 16.1.